The van der Waals surface area contributed by atoms with Crippen molar-refractivity contribution in [3.05, 3.63) is 54.4 Å². The molecule has 33 heavy (non-hydrogen) atoms. The fourth-order valence-corrected chi connectivity index (χ4v) is 6.01. The quantitative estimate of drug-likeness (QED) is 0.574. The van der Waals surface area contributed by atoms with Gasteiger partial charge in [-0.05, 0) is 87.5 Å². The van der Waals surface area contributed by atoms with Gasteiger partial charge in [-0.25, -0.2) is 17.9 Å². The summed E-state index contributed by atoms with van der Waals surface area (Å²) in [6.45, 7) is 2.72. The molecule has 0 atom stereocenters. The van der Waals surface area contributed by atoms with Gasteiger partial charge in [0.15, 0.2) is 0 Å². The van der Waals surface area contributed by atoms with Crippen LogP contribution in [-0.2, 0) is 16.6 Å². The van der Waals surface area contributed by atoms with Gasteiger partial charge in [-0.3, -0.25) is 4.98 Å². The zero-order chi connectivity index (χ0) is 23.1. The number of hydrogen-bond acceptors (Lipinski definition) is 5. The molecule has 0 spiro atoms. The minimum atomic E-state index is -3.59. The average Bonchev–Trinajstić information content (AvgIpc) is 2.84. The highest BCUT2D eigenvalue weighted by Crippen LogP contribution is 2.27. The second-order valence-electron chi connectivity index (χ2n) is 8.92. The Kier molecular flexibility index (Phi) is 7.95. The Morgan fingerprint density at radius 1 is 1.00 bits per heavy atom. The van der Waals surface area contributed by atoms with Crippen LogP contribution in [0, 0.1) is 0 Å². The first-order valence-electron chi connectivity index (χ1n) is 11.8. The second kappa shape index (κ2) is 11.1. The third-order valence-electron chi connectivity index (χ3n) is 6.52. The number of aromatic nitrogens is 1. The summed E-state index contributed by atoms with van der Waals surface area (Å²) in [7, 11) is -3.59. The summed E-state index contributed by atoms with van der Waals surface area (Å²) in [6, 6.07) is 10.2. The van der Waals surface area contributed by atoms with E-state index in [9.17, 15) is 13.2 Å². The van der Waals surface area contributed by atoms with Gasteiger partial charge in [0, 0.05) is 36.7 Å². The Morgan fingerprint density at radius 3 is 2.39 bits per heavy atom. The van der Waals surface area contributed by atoms with Crippen molar-refractivity contribution in [2.24, 2.45) is 0 Å². The molecule has 2 amide bonds. The molecule has 1 saturated carbocycles. The maximum absolute atomic E-state index is 12.8. The molecule has 1 aliphatic heterocycles. The van der Waals surface area contributed by atoms with Gasteiger partial charge in [0.05, 0.1) is 4.90 Å². The molecule has 0 radical (unpaired) electrons. The molecule has 2 heterocycles. The van der Waals surface area contributed by atoms with Crippen LogP contribution in [0.1, 0.15) is 50.5 Å². The standard InChI is InChI=1S/C24H33N5O3S/c30-24(26-18-19-5-4-14-25-17-19)27-20-8-12-23(13-9-20)33(31,32)28-21-6-10-22(11-7-21)29-15-2-1-3-16-29/h4-5,8-9,12-14,17,21-22,28H,1-3,6-7,10-11,15-16,18H2,(H2,26,27,30). The van der Waals surface area contributed by atoms with E-state index < -0.39 is 10.0 Å². The summed E-state index contributed by atoms with van der Waals surface area (Å²) in [5, 5.41) is 5.47. The minimum absolute atomic E-state index is 0.0212. The van der Waals surface area contributed by atoms with Gasteiger partial charge < -0.3 is 15.5 Å². The molecule has 8 nitrogen and oxygen atoms in total. The summed E-state index contributed by atoms with van der Waals surface area (Å²) in [4.78, 5) is 18.9. The van der Waals surface area contributed by atoms with Crippen molar-refractivity contribution >= 4 is 21.7 Å². The molecule has 0 bridgehead atoms. The lowest BCUT2D eigenvalue weighted by Crippen LogP contribution is -2.45. The van der Waals surface area contributed by atoms with E-state index >= 15 is 0 Å². The Hall–Kier alpha value is -2.49. The van der Waals surface area contributed by atoms with E-state index in [0.717, 1.165) is 31.2 Å². The lowest BCUT2D eigenvalue weighted by molar-refractivity contribution is 0.124. The molecule has 1 aliphatic carbocycles. The number of sulfonamides is 1. The first-order valence-corrected chi connectivity index (χ1v) is 13.3. The van der Waals surface area contributed by atoms with Gasteiger partial charge in [-0.15, -0.1) is 0 Å². The monoisotopic (exact) mass is 471 g/mol. The van der Waals surface area contributed by atoms with Crippen molar-refractivity contribution in [2.45, 2.75) is 68.5 Å². The summed E-state index contributed by atoms with van der Waals surface area (Å²) < 4.78 is 28.6. The number of rotatable bonds is 7. The first-order chi connectivity index (χ1) is 16.0. The molecule has 2 aromatic rings. The van der Waals surface area contributed by atoms with E-state index in [1.165, 1.54) is 44.5 Å². The van der Waals surface area contributed by atoms with Crippen LogP contribution < -0.4 is 15.4 Å². The molecule has 178 valence electrons. The van der Waals surface area contributed by atoms with Crippen molar-refractivity contribution in [3.8, 4) is 0 Å². The molecule has 3 N–H and O–H groups in total. The highest BCUT2D eigenvalue weighted by Gasteiger charge is 2.29. The fourth-order valence-electron chi connectivity index (χ4n) is 4.71. The molecule has 1 aromatic carbocycles. The van der Waals surface area contributed by atoms with Crippen LogP contribution >= 0.6 is 0 Å². The van der Waals surface area contributed by atoms with Crippen molar-refractivity contribution < 1.29 is 13.2 Å². The predicted molar refractivity (Wildman–Crippen MR) is 128 cm³/mol. The molecule has 0 unspecified atom stereocenters. The van der Waals surface area contributed by atoms with Gasteiger partial charge in [0.2, 0.25) is 10.0 Å². The number of anilines is 1. The molecule has 2 aliphatic rings. The predicted octanol–water partition coefficient (Wildman–Crippen LogP) is 3.48. The molecule has 1 saturated heterocycles. The van der Waals surface area contributed by atoms with E-state index in [-0.39, 0.29) is 17.0 Å². The second-order valence-corrected chi connectivity index (χ2v) is 10.6. The third-order valence-corrected chi connectivity index (χ3v) is 8.06. The number of carbonyl (C=O) groups is 1. The van der Waals surface area contributed by atoms with Gasteiger partial charge in [0.1, 0.15) is 0 Å². The van der Waals surface area contributed by atoms with Gasteiger partial charge in [-0.2, -0.15) is 0 Å². The van der Waals surface area contributed by atoms with E-state index in [1.807, 2.05) is 12.1 Å². The van der Waals surface area contributed by atoms with Crippen LogP contribution in [-0.4, -0.2) is 49.5 Å². The Morgan fingerprint density at radius 2 is 1.73 bits per heavy atom. The zero-order valence-corrected chi connectivity index (χ0v) is 19.7. The van der Waals surface area contributed by atoms with E-state index in [0.29, 0.717) is 18.3 Å². The van der Waals surface area contributed by atoms with Crippen LogP contribution in [0.3, 0.4) is 0 Å². The van der Waals surface area contributed by atoms with Crippen molar-refractivity contribution in [1.82, 2.24) is 19.9 Å². The molecular formula is C24H33N5O3S. The summed E-state index contributed by atoms with van der Waals surface area (Å²) >= 11 is 0. The lowest BCUT2D eigenvalue weighted by atomic mass is 9.90. The summed E-state index contributed by atoms with van der Waals surface area (Å²) in [5.41, 5.74) is 1.42. The van der Waals surface area contributed by atoms with Gasteiger partial charge in [-0.1, -0.05) is 12.5 Å². The third kappa shape index (κ3) is 6.75. The zero-order valence-electron chi connectivity index (χ0n) is 18.9. The van der Waals surface area contributed by atoms with Crippen molar-refractivity contribution in [2.75, 3.05) is 18.4 Å². The van der Waals surface area contributed by atoms with Crippen LogP contribution in [0.15, 0.2) is 53.7 Å². The summed E-state index contributed by atoms with van der Waals surface area (Å²) in [5.74, 6) is 0. The smallest absolute Gasteiger partial charge is 0.319 e. The largest absolute Gasteiger partial charge is 0.334 e. The highest BCUT2D eigenvalue weighted by molar-refractivity contribution is 7.89. The van der Waals surface area contributed by atoms with Crippen LogP contribution in [0.25, 0.3) is 0 Å². The normalized spacial score (nSPS) is 21.9. The number of piperidine rings is 1. The van der Waals surface area contributed by atoms with E-state index in [4.69, 9.17) is 0 Å². The SMILES string of the molecule is O=C(NCc1cccnc1)Nc1ccc(S(=O)(=O)NC2CCC(N3CCCCC3)CC2)cc1. The summed E-state index contributed by atoms with van der Waals surface area (Å²) in [6.07, 6.45) is 11.1. The lowest BCUT2D eigenvalue weighted by Gasteiger charge is -2.39. The number of pyridine rings is 1. The number of hydrogen-bond donors (Lipinski definition) is 3. The first kappa shape index (κ1) is 23.7. The van der Waals surface area contributed by atoms with Crippen molar-refractivity contribution in [3.63, 3.8) is 0 Å². The maximum atomic E-state index is 12.8. The van der Waals surface area contributed by atoms with Crippen molar-refractivity contribution in [1.29, 1.82) is 0 Å². The topological polar surface area (TPSA) is 103 Å². The number of carbonyl (C=O) groups excluding carboxylic acids is 1. The molecule has 9 heteroatoms. The van der Waals surface area contributed by atoms with E-state index in [1.54, 1.807) is 24.5 Å². The number of amides is 2. The number of benzene rings is 1. The van der Waals surface area contributed by atoms with Crippen LogP contribution in [0.2, 0.25) is 0 Å². The number of nitrogens with zero attached hydrogens (tertiary/aromatic N) is 2. The molecule has 2 fully saturated rings. The van der Waals surface area contributed by atoms with Crippen LogP contribution in [0.4, 0.5) is 10.5 Å². The minimum Gasteiger partial charge on any atom is -0.334 e. The average molecular weight is 472 g/mol. The van der Waals surface area contributed by atoms with Gasteiger partial charge in [0.25, 0.3) is 0 Å². The highest BCUT2D eigenvalue weighted by atomic mass is 32.2. The fraction of sp³-hybridized carbons (Fsp3) is 0.500. The van der Waals surface area contributed by atoms with Gasteiger partial charge >= 0.3 is 6.03 Å². The molecule has 4 rings (SSSR count). The number of urea groups is 1. The number of likely N-dealkylation sites (tertiary alicyclic amines) is 1. The Labute approximate surface area is 196 Å². The van der Waals surface area contributed by atoms with Crippen LogP contribution in [0.5, 0.6) is 0 Å². The van der Waals surface area contributed by atoms with E-state index in [2.05, 4.69) is 25.2 Å². The molecule has 1 aromatic heterocycles. The maximum Gasteiger partial charge on any atom is 0.319 e. The number of nitrogens with one attached hydrogen (secondary N) is 3. The molecular weight excluding hydrogens is 438 g/mol. The Balaban J connectivity index is 1.25. The Bertz CT molecular complexity index is 1000.